The van der Waals surface area contributed by atoms with Gasteiger partial charge in [0.25, 0.3) is 0 Å². The van der Waals surface area contributed by atoms with Crippen LogP contribution in [0.1, 0.15) is 10.4 Å². The molecular formula is C13H19N3O3. The fraction of sp³-hybridized carbons (Fsp3) is 0.385. The molecule has 0 fully saturated rings. The lowest BCUT2D eigenvalue weighted by atomic mass is 10.1. The molecule has 0 aliphatic rings. The molecule has 0 aromatic heterocycles. The molecule has 19 heavy (non-hydrogen) atoms. The van der Waals surface area contributed by atoms with E-state index in [1.807, 2.05) is 19.0 Å². The Morgan fingerprint density at radius 1 is 1.21 bits per heavy atom. The van der Waals surface area contributed by atoms with E-state index in [1.54, 1.807) is 25.2 Å². The molecular weight excluding hydrogens is 246 g/mol. The first-order valence-electron chi connectivity index (χ1n) is 5.92. The van der Waals surface area contributed by atoms with E-state index >= 15 is 0 Å². The van der Waals surface area contributed by atoms with Crippen LogP contribution < -0.4 is 10.2 Å². The Bertz CT molecular complexity index is 460. The summed E-state index contributed by atoms with van der Waals surface area (Å²) in [5.74, 6) is -1.05. The van der Waals surface area contributed by atoms with Gasteiger partial charge in [-0.3, -0.25) is 4.90 Å². The summed E-state index contributed by atoms with van der Waals surface area (Å²) < 4.78 is 0. The van der Waals surface area contributed by atoms with Crippen LogP contribution in [0.15, 0.2) is 24.3 Å². The van der Waals surface area contributed by atoms with Crippen molar-refractivity contribution in [2.75, 3.05) is 39.1 Å². The van der Waals surface area contributed by atoms with Gasteiger partial charge in [-0.25, -0.2) is 9.59 Å². The second-order valence-corrected chi connectivity index (χ2v) is 4.42. The van der Waals surface area contributed by atoms with E-state index in [0.29, 0.717) is 12.2 Å². The van der Waals surface area contributed by atoms with Crippen LogP contribution in [0, 0.1) is 0 Å². The Hall–Kier alpha value is -2.08. The number of carboxylic acid groups (broad SMARTS) is 1. The maximum Gasteiger partial charge on any atom is 0.337 e. The maximum atomic E-state index is 11.9. The molecule has 0 heterocycles. The number of likely N-dealkylation sites (N-methyl/N-ethyl adjacent to an activating group) is 1. The number of anilines is 1. The van der Waals surface area contributed by atoms with Gasteiger partial charge in [-0.2, -0.15) is 0 Å². The van der Waals surface area contributed by atoms with E-state index in [-0.39, 0.29) is 11.6 Å². The van der Waals surface area contributed by atoms with Gasteiger partial charge in [-0.1, -0.05) is 12.1 Å². The molecule has 0 saturated carbocycles. The summed E-state index contributed by atoms with van der Waals surface area (Å²) in [7, 11) is 5.37. The van der Waals surface area contributed by atoms with Crippen LogP contribution in [0.5, 0.6) is 0 Å². The van der Waals surface area contributed by atoms with Gasteiger partial charge < -0.3 is 15.3 Å². The zero-order valence-electron chi connectivity index (χ0n) is 11.4. The third-order valence-electron chi connectivity index (χ3n) is 2.64. The minimum Gasteiger partial charge on any atom is -0.478 e. The van der Waals surface area contributed by atoms with Crippen LogP contribution in [0.25, 0.3) is 0 Å². The fourth-order valence-corrected chi connectivity index (χ4v) is 1.56. The third kappa shape index (κ3) is 4.26. The van der Waals surface area contributed by atoms with Crippen LogP contribution in [0.3, 0.4) is 0 Å². The van der Waals surface area contributed by atoms with Crippen LogP contribution in [0.4, 0.5) is 10.5 Å². The lowest BCUT2D eigenvalue weighted by Crippen LogP contribution is -2.40. The van der Waals surface area contributed by atoms with Crippen LogP contribution in [0.2, 0.25) is 0 Å². The number of nitrogens with one attached hydrogen (secondary N) is 1. The number of nitrogens with zero attached hydrogens (tertiary/aromatic N) is 2. The van der Waals surface area contributed by atoms with E-state index < -0.39 is 5.97 Å². The average molecular weight is 265 g/mol. The van der Waals surface area contributed by atoms with Gasteiger partial charge in [0.2, 0.25) is 0 Å². The highest BCUT2D eigenvalue weighted by Crippen LogP contribution is 2.18. The quantitative estimate of drug-likeness (QED) is 0.836. The molecule has 0 unspecified atom stereocenters. The predicted octanol–water partition coefficient (Wildman–Crippen LogP) is 1.09. The number of hydrogen-bond donors (Lipinski definition) is 2. The topological polar surface area (TPSA) is 72.9 Å². The van der Waals surface area contributed by atoms with Crippen molar-refractivity contribution in [2.24, 2.45) is 0 Å². The molecule has 0 radical (unpaired) electrons. The van der Waals surface area contributed by atoms with Crippen molar-refractivity contribution in [3.05, 3.63) is 29.8 Å². The minimum atomic E-state index is -1.05. The van der Waals surface area contributed by atoms with E-state index in [1.165, 1.54) is 11.0 Å². The van der Waals surface area contributed by atoms with Crippen molar-refractivity contribution in [1.29, 1.82) is 0 Å². The van der Waals surface area contributed by atoms with Crippen molar-refractivity contribution >= 4 is 17.7 Å². The Balaban J connectivity index is 2.74. The minimum absolute atomic E-state index is 0.104. The van der Waals surface area contributed by atoms with Gasteiger partial charge in [0, 0.05) is 20.1 Å². The number of carbonyl (C=O) groups excluding carboxylic acids is 1. The number of aromatic carboxylic acids is 1. The monoisotopic (exact) mass is 265 g/mol. The first kappa shape index (κ1) is 15.0. The van der Waals surface area contributed by atoms with Gasteiger partial charge in [-0.15, -0.1) is 0 Å². The molecule has 6 heteroatoms. The molecule has 2 amide bonds. The van der Waals surface area contributed by atoms with Crippen molar-refractivity contribution in [3.63, 3.8) is 0 Å². The fourth-order valence-electron chi connectivity index (χ4n) is 1.56. The van der Waals surface area contributed by atoms with Crippen molar-refractivity contribution in [3.8, 4) is 0 Å². The largest absolute Gasteiger partial charge is 0.478 e. The molecule has 0 aliphatic carbocycles. The number of para-hydroxylation sites is 1. The van der Waals surface area contributed by atoms with E-state index in [4.69, 9.17) is 5.11 Å². The molecule has 0 atom stereocenters. The number of carbonyl (C=O) groups is 2. The summed E-state index contributed by atoms with van der Waals surface area (Å²) in [5.41, 5.74) is 0.477. The molecule has 104 valence electrons. The summed E-state index contributed by atoms with van der Waals surface area (Å²) in [6, 6.07) is 6.09. The van der Waals surface area contributed by atoms with Gasteiger partial charge in [-0.05, 0) is 26.2 Å². The average Bonchev–Trinajstić information content (AvgIpc) is 2.37. The first-order chi connectivity index (χ1) is 8.93. The van der Waals surface area contributed by atoms with Crippen LogP contribution in [-0.2, 0) is 0 Å². The molecule has 1 rings (SSSR count). The Labute approximate surface area is 112 Å². The molecule has 0 spiro atoms. The Kier molecular flexibility index (Phi) is 5.32. The Morgan fingerprint density at radius 3 is 2.42 bits per heavy atom. The molecule has 1 aromatic carbocycles. The van der Waals surface area contributed by atoms with Crippen LogP contribution >= 0.6 is 0 Å². The highest BCUT2D eigenvalue weighted by Gasteiger charge is 2.17. The second kappa shape index (κ2) is 6.75. The normalized spacial score (nSPS) is 10.3. The highest BCUT2D eigenvalue weighted by atomic mass is 16.4. The number of hydrogen-bond acceptors (Lipinski definition) is 3. The van der Waals surface area contributed by atoms with Crippen molar-refractivity contribution in [1.82, 2.24) is 10.2 Å². The highest BCUT2D eigenvalue weighted by molar-refractivity contribution is 6.01. The molecule has 0 bridgehead atoms. The summed E-state index contributed by atoms with van der Waals surface area (Å²) in [6.07, 6.45) is 0. The SMILES string of the molecule is CN(C)CCNC(=O)N(C)c1ccccc1C(=O)O. The second-order valence-electron chi connectivity index (χ2n) is 4.42. The summed E-state index contributed by atoms with van der Waals surface area (Å²) in [4.78, 5) is 26.2. The van der Waals surface area contributed by atoms with Gasteiger partial charge in [0.05, 0.1) is 11.3 Å². The Morgan fingerprint density at radius 2 is 1.84 bits per heavy atom. The lowest BCUT2D eigenvalue weighted by Gasteiger charge is -2.20. The molecule has 0 aliphatic heterocycles. The number of benzene rings is 1. The van der Waals surface area contributed by atoms with E-state index in [2.05, 4.69) is 5.32 Å². The standard InChI is InChI=1S/C13H19N3O3/c1-15(2)9-8-14-13(19)16(3)11-7-5-4-6-10(11)12(17)18/h4-7H,8-9H2,1-3H3,(H,14,19)(H,17,18). The smallest absolute Gasteiger partial charge is 0.337 e. The van der Waals surface area contributed by atoms with Gasteiger partial charge >= 0.3 is 12.0 Å². The van der Waals surface area contributed by atoms with Crippen LogP contribution in [-0.4, -0.2) is 56.2 Å². The predicted molar refractivity (Wildman–Crippen MR) is 73.8 cm³/mol. The zero-order valence-corrected chi connectivity index (χ0v) is 11.4. The maximum absolute atomic E-state index is 11.9. The summed E-state index contributed by atoms with van der Waals surface area (Å²) in [6.45, 7) is 1.23. The lowest BCUT2D eigenvalue weighted by molar-refractivity contribution is 0.0697. The molecule has 0 saturated heterocycles. The number of carboxylic acids is 1. The number of rotatable bonds is 5. The summed E-state index contributed by atoms with van der Waals surface area (Å²) >= 11 is 0. The van der Waals surface area contributed by atoms with Gasteiger partial charge in [0.1, 0.15) is 0 Å². The van der Waals surface area contributed by atoms with Crippen molar-refractivity contribution in [2.45, 2.75) is 0 Å². The van der Waals surface area contributed by atoms with E-state index in [9.17, 15) is 9.59 Å². The molecule has 2 N–H and O–H groups in total. The molecule has 1 aromatic rings. The number of amides is 2. The third-order valence-corrected chi connectivity index (χ3v) is 2.64. The van der Waals surface area contributed by atoms with E-state index in [0.717, 1.165) is 6.54 Å². The van der Waals surface area contributed by atoms with Gasteiger partial charge in [0.15, 0.2) is 0 Å². The first-order valence-corrected chi connectivity index (χ1v) is 5.92. The number of urea groups is 1. The summed E-state index contributed by atoms with van der Waals surface area (Å²) in [5, 5.41) is 11.8. The zero-order chi connectivity index (χ0) is 14.4. The molecule has 6 nitrogen and oxygen atoms in total. The van der Waals surface area contributed by atoms with Crippen molar-refractivity contribution < 1.29 is 14.7 Å².